The van der Waals surface area contributed by atoms with E-state index in [4.69, 9.17) is 5.11 Å². The summed E-state index contributed by atoms with van der Waals surface area (Å²) in [6.45, 7) is 2.19. The summed E-state index contributed by atoms with van der Waals surface area (Å²) in [7, 11) is 0. The van der Waals surface area contributed by atoms with E-state index in [1.54, 1.807) is 0 Å². The molecule has 0 aromatic rings. The molecule has 1 unspecified atom stereocenters. The number of aliphatic carboxylic acids is 1. The second-order valence-corrected chi connectivity index (χ2v) is 4.88. The summed E-state index contributed by atoms with van der Waals surface area (Å²) in [5, 5.41) is 11.2. The minimum atomic E-state index is -1.03. The van der Waals surface area contributed by atoms with E-state index >= 15 is 0 Å². The molecule has 0 aliphatic heterocycles. The molecule has 0 aromatic carbocycles. The summed E-state index contributed by atoms with van der Waals surface area (Å²) < 4.78 is 0. The Labute approximate surface area is 145 Å². The van der Waals surface area contributed by atoms with Crippen LogP contribution in [-0.2, 0) is 9.59 Å². The standard InChI is InChI=1S/C13H25NO3S.Na.H/c1-2-3-4-5-6-7-8-9-12(15)14-11(10-18)13(16)17;;/h11,18H,2-10H2,1H3,(H,14,15)(H,16,17);;/q;+1;-1. The van der Waals surface area contributed by atoms with Gasteiger partial charge in [0, 0.05) is 12.2 Å². The number of carbonyl (C=O) groups is 2. The summed E-state index contributed by atoms with van der Waals surface area (Å²) in [4.78, 5) is 22.1. The Balaban J connectivity index is -0.00000144. The van der Waals surface area contributed by atoms with E-state index in [1.165, 1.54) is 25.7 Å². The van der Waals surface area contributed by atoms with Gasteiger partial charge in [0.05, 0.1) is 0 Å². The van der Waals surface area contributed by atoms with Crippen LogP contribution in [0.25, 0.3) is 0 Å². The zero-order valence-corrected chi connectivity index (χ0v) is 15.0. The third-order valence-electron chi connectivity index (χ3n) is 2.82. The summed E-state index contributed by atoms with van der Waals surface area (Å²) in [6, 6.07) is -0.870. The molecule has 19 heavy (non-hydrogen) atoms. The number of thiol groups is 1. The van der Waals surface area contributed by atoms with Crippen LogP contribution in [0.1, 0.15) is 59.7 Å². The van der Waals surface area contributed by atoms with Gasteiger partial charge in [-0.05, 0) is 6.42 Å². The maximum atomic E-state index is 11.4. The molecule has 4 nitrogen and oxygen atoms in total. The molecule has 0 bridgehead atoms. The average Bonchev–Trinajstić information content (AvgIpc) is 2.34. The SMILES string of the molecule is CCCCCCCCCC(=O)NC(CS)C(=O)O.[H-].[Na+]. The molecule has 0 saturated carbocycles. The largest absolute Gasteiger partial charge is 1.00 e. The predicted octanol–water partition coefficient (Wildman–Crippen LogP) is -0.257. The van der Waals surface area contributed by atoms with Crippen molar-refractivity contribution in [1.82, 2.24) is 5.32 Å². The Morgan fingerprint density at radius 1 is 1.16 bits per heavy atom. The number of hydrogen-bond donors (Lipinski definition) is 3. The van der Waals surface area contributed by atoms with Crippen LogP contribution in [-0.4, -0.2) is 28.8 Å². The van der Waals surface area contributed by atoms with Gasteiger partial charge in [0.2, 0.25) is 5.91 Å². The number of rotatable bonds is 11. The molecule has 108 valence electrons. The normalized spacial score (nSPS) is 11.5. The van der Waals surface area contributed by atoms with Crippen LogP contribution >= 0.6 is 12.6 Å². The smallest absolute Gasteiger partial charge is 1.00 e. The summed E-state index contributed by atoms with van der Waals surface area (Å²) in [5.41, 5.74) is 0. The summed E-state index contributed by atoms with van der Waals surface area (Å²) >= 11 is 3.89. The van der Waals surface area contributed by atoms with Gasteiger partial charge in [0.1, 0.15) is 6.04 Å². The number of unbranched alkanes of at least 4 members (excludes halogenated alkanes) is 6. The molecule has 0 saturated heterocycles. The molecule has 1 atom stereocenters. The molecule has 0 spiro atoms. The van der Waals surface area contributed by atoms with Crippen molar-refractivity contribution < 1.29 is 45.7 Å². The second-order valence-electron chi connectivity index (χ2n) is 4.51. The quantitative estimate of drug-likeness (QED) is 0.280. The van der Waals surface area contributed by atoms with Crippen molar-refractivity contribution in [3.05, 3.63) is 0 Å². The predicted molar refractivity (Wildman–Crippen MR) is 77.1 cm³/mol. The molecule has 0 aliphatic carbocycles. The Morgan fingerprint density at radius 2 is 1.68 bits per heavy atom. The van der Waals surface area contributed by atoms with Crippen molar-refractivity contribution in [2.75, 3.05) is 5.75 Å². The molecule has 0 fully saturated rings. The number of nitrogens with one attached hydrogen (secondary N) is 1. The van der Waals surface area contributed by atoms with E-state index in [0.717, 1.165) is 19.3 Å². The van der Waals surface area contributed by atoms with Crippen molar-refractivity contribution in [1.29, 1.82) is 0 Å². The molecule has 0 aliphatic rings. The van der Waals surface area contributed by atoms with Crippen LogP contribution in [0.5, 0.6) is 0 Å². The van der Waals surface area contributed by atoms with Crippen molar-refractivity contribution in [3.63, 3.8) is 0 Å². The zero-order valence-electron chi connectivity index (χ0n) is 13.2. The number of amides is 1. The van der Waals surface area contributed by atoms with E-state index < -0.39 is 12.0 Å². The zero-order chi connectivity index (χ0) is 13.8. The second kappa shape index (κ2) is 14.7. The van der Waals surface area contributed by atoms with Crippen molar-refractivity contribution in [2.24, 2.45) is 0 Å². The molecule has 6 heteroatoms. The van der Waals surface area contributed by atoms with E-state index in [-0.39, 0.29) is 42.6 Å². The maximum absolute atomic E-state index is 11.4. The van der Waals surface area contributed by atoms with E-state index in [9.17, 15) is 9.59 Å². The first-order valence-corrected chi connectivity index (χ1v) is 7.38. The molecule has 0 rings (SSSR count). The van der Waals surface area contributed by atoms with E-state index in [1.807, 2.05) is 0 Å². The van der Waals surface area contributed by atoms with Crippen LogP contribution in [0.4, 0.5) is 0 Å². The van der Waals surface area contributed by atoms with Crippen LogP contribution in [0.15, 0.2) is 0 Å². The molecular weight excluding hydrogens is 273 g/mol. The van der Waals surface area contributed by atoms with Gasteiger partial charge in [0.15, 0.2) is 0 Å². The average molecular weight is 299 g/mol. The fraction of sp³-hybridized carbons (Fsp3) is 0.846. The summed E-state index contributed by atoms with van der Waals surface area (Å²) in [6.07, 6.45) is 8.44. The minimum Gasteiger partial charge on any atom is -1.00 e. The summed E-state index contributed by atoms with van der Waals surface area (Å²) in [5.74, 6) is -1.10. The van der Waals surface area contributed by atoms with Gasteiger partial charge >= 0.3 is 35.5 Å². The molecule has 0 radical (unpaired) electrons. The number of carboxylic acid groups (broad SMARTS) is 1. The maximum Gasteiger partial charge on any atom is 1.00 e. The third-order valence-corrected chi connectivity index (χ3v) is 3.19. The Morgan fingerprint density at radius 3 is 2.16 bits per heavy atom. The van der Waals surface area contributed by atoms with Crippen LogP contribution in [0.3, 0.4) is 0 Å². The molecule has 0 heterocycles. The van der Waals surface area contributed by atoms with Gasteiger partial charge in [-0.2, -0.15) is 12.6 Å². The number of carboxylic acids is 1. The fourth-order valence-electron chi connectivity index (χ4n) is 1.69. The van der Waals surface area contributed by atoms with Crippen molar-refractivity contribution >= 4 is 24.5 Å². The first-order valence-electron chi connectivity index (χ1n) is 6.74. The van der Waals surface area contributed by atoms with Gasteiger partial charge < -0.3 is 11.8 Å². The third kappa shape index (κ3) is 13.0. The fourth-order valence-corrected chi connectivity index (χ4v) is 1.94. The van der Waals surface area contributed by atoms with Gasteiger partial charge in [-0.3, -0.25) is 4.79 Å². The van der Waals surface area contributed by atoms with Crippen molar-refractivity contribution in [3.8, 4) is 0 Å². The molecular formula is C13H26NNaO3S. The number of carbonyl (C=O) groups excluding carboxylic acids is 1. The molecule has 0 aromatic heterocycles. The number of hydrogen-bond acceptors (Lipinski definition) is 3. The minimum absolute atomic E-state index is 0. The van der Waals surface area contributed by atoms with Crippen LogP contribution in [0.2, 0.25) is 0 Å². The van der Waals surface area contributed by atoms with Gasteiger partial charge in [-0.1, -0.05) is 45.4 Å². The van der Waals surface area contributed by atoms with E-state index in [2.05, 4.69) is 24.9 Å². The Bertz CT molecular complexity index is 258. The van der Waals surface area contributed by atoms with Crippen LogP contribution in [0, 0.1) is 0 Å². The van der Waals surface area contributed by atoms with Gasteiger partial charge in [0.25, 0.3) is 0 Å². The van der Waals surface area contributed by atoms with Crippen molar-refractivity contribution in [2.45, 2.75) is 64.3 Å². The van der Waals surface area contributed by atoms with Gasteiger partial charge in [-0.25, -0.2) is 4.79 Å². The van der Waals surface area contributed by atoms with Crippen LogP contribution < -0.4 is 34.9 Å². The van der Waals surface area contributed by atoms with E-state index in [0.29, 0.717) is 6.42 Å². The Kier molecular flexibility index (Phi) is 16.7. The molecule has 1 amide bonds. The monoisotopic (exact) mass is 299 g/mol. The topological polar surface area (TPSA) is 66.4 Å². The van der Waals surface area contributed by atoms with Gasteiger partial charge in [-0.15, -0.1) is 0 Å². The first kappa shape index (κ1) is 21.6. The first-order chi connectivity index (χ1) is 8.61. The molecule has 2 N–H and O–H groups in total. The Hall–Kier alpha value is 0.290.